The van der Waals surface area contributed by atoms with Gasteiger partial charge in [0.15, 0.2) is 0 Å². The number of aliphatic hydroxyl groups excluding tert-OH is 1. The van der Waals surface area contributed by atoms with E-state index >= 15 is 0 Å². The summed E-state index contributed by atoms with van der Waals surface area (Å²) >= 11 is 0. The number of pyridine rings is 1. The highest BCUT2D eigenvalue weighted by atomic mass is 16.5. The molecule has 6 nitrogen and oxygen atoms in total. The molecule has 0 bridgehead atoms. The number of rotatable bonds is 7. The van der Waals surface area contributed by atoms with E-state index in [1.54, 1.807) is 20.2 Å². The Labute approximate surface area is 163 Å². The molecule has 1 unspecified atom stereocenters. The summed E-state index contributed by atoms with van der Waals surface area (Å²) in [7, 11) is 1.59. The number of phenolic OH excluding ortho intramolecular Hbond substituents is 1. The maximum Gasteiger partial charge on any atom is 0.221 e. The van der Waals surface area contributed by atoms with Crippen LogP contribution in [0.15, 0.2) is 54.7 Å². The van der Waals surface area contributed by atoms with E-state index in [1.165, 1.54) is 0 Å². The Bertz CT molecular complexity index is 954. The highest BCUT2D eigenvalue weighted by Gasteiger charge is 2.23. The van der Waals surface area contributed by atoms with Gasteiger partial charge in [-0.3, -0.25) is 9.78 Å². The molecule has 1 heterocycles. The first-order valence-corrected chi connectivity index (χ1v) is 9.15. The number of methoxy groups -OCH3 is 1. The van der Waals surface area contributed by atoms with E-state index in [0.717, 1.165) is 10.9 Å². The number of benzene rings is 2. The number of carbonyl (C=O) groups excluding carboxylic acids is 1. The van der Waals surface area contributed by atoms with Crippen molar-refractivity contribution >= 4 is 16.8 Å². The molecule has 3 N–H and O–H groups in total. The van der Waals surface area contributed by atoms with Gasteiger partial charge in [0.05, 0.1) is 13.2 Å². The van der Waals surface area contributed by atoms with Crippen LogP contribution in [0.1, 0.15) is 30.4 Å². The number of ether oxygens (including phenoxy) is 1. The maximum absolute atomic E-state index is 12.5. The van der Waals surface area contributed by atoms with Crippen LogP contribution in [0.4, 0.5) is 0 Å². The van der Waals surface area contributed by atoms with E-state index in [0.29, 0.717) is 16.8 Å². The second-order valence-electron chi connectivity index (χ2n) is 6.76. The van der Waals surface area contributed by atoms with Crippen molar-refractivity contribution in [1.29, 1.82) is 0 Å². The lowest BCUT2D eigenvalue weighted by Gasteiger charge is -2.20. The van der Waals surface area contributed by atoms with E-state index in [4.69, 9.17) is 4.74 Å². The molecule has 0 spiro atoms. The third kappa shape index (κ3) is 4.40. The van der Waals surface area contributed by atoms with Crippen molar-refractivity contribution in [1.82, 2.24) is 10.3 Å². The summed E-state index contributed by atoms with van der Waals surface area (Å²) in [6, 6.07) is 14.8. The third-order valence-electron chi connectivity index (χ3n) is 4.66. The zero-order chi connectivity index (χ0) is 20.1. The molecule has 1 aromatic heterocycles. The molecule has 0 aliphatic heterocycles. The number of hydrogen-bond acceptors (Lipinski definition) is 5. The molecule has 146 valence electrons. The molecule has 6 heteroatoms. The molecule has 0 saturated carbocycles. The average molecular weight is 380 g/mol. The van der Waals surface area contributed by atoms with Gasteiger partial charge in [-0.1, -0.05) is 30.3 Å². The van der Waals surface area contributed by atoms with Gasteiger partial charge in [-0.05, 0) is 30.7 Å². The van der Waals surface area contributed by atoms with Crippen LogP contribution in [0.5, 0.6) is 11.5 Å². The number of carbonyl (C=O) groups is 1. The lowest BCUT2D eigenvalue weighted by Crippen LogP contribution is -2.31. The minimum atomic E-state index is -0.623. The maximum atomic E-state index is 12.5. The van der Waals surface area contributed by atoms with Crippen LogP contribution in [-0.4, -0.2) is 40.9 Å². The standard InChI is InChI=1S/C22H24N2O4/c1-14(25)13-24-20(26)12-19(15-5-8-17(28-2)9-6-15)18-10-7-16-4-3-11-23-21(16)22(18)27/h3-11,14,19,25,27H,12-13H2,1-2H3,(H,24,26)/t14-,19?/m1/s1. The van der Waals surface area contributed by atoms with Crippen molar-refractivity contribution < 1.29 is 19.7 Å². The number of amides is 1. The van der Waals surface area contributed by atoms with Crippen LogP contribution in [0.3, 0.4) is 0 Å². The Balaban J connectivity index is 2.00. The van der Waals surface area contributed by atoms with Crippen LogP contribution in [0.25, 0.3) is 10.9 Å². The van der Waals surface area contributed by atoms with Crippen molar-refractivity contribution in [3.05, 3.63) is 65.9 Å². The zero-order valence-corrected chi connectivity index (χ0v) is 15.9. The van der Waals surface area contributed by atoms with Gasteiger partial charge in [-0.2, -0.15) is 0 Å². The quantitative estimate of drug-likeness (QED) is 0.586. The number of phenols is 1. The van der Waals surface area contributed by atoms with Gasteiger partial charge >= 0.3 is 0 Å². The van der Waals surface area contributed by atoms with E-state index in [-0.39, 0.29) is 30.5 Å². The number of nitrogens with one attached hydrogen (secondary N) is 1. The molecular formula is C22H24N2O4. The van der Waals surface area contributed by atoms with Gasteiger partial charge in [-0.25, -0.2) is 0 Å². The normalized spacial score (nSPS) is 13.1. The first-order valence-electron chi connectivity index (χ1n) is 9.15. The predicted molar refractivity (Wildman–Crippen MR) is 108 cm³/mol. The molecule has 28 heavy (non-hydrogen) atoms. The van der Waals surface area contributed by atoms with Gasteiger partial charge in [0.2, 0.25) is 5.91 Å². The molecule has 0 radical (unpaired) electrons. The summed E-state index contributed by atoms with van der Waals surface area (Å²) in [5, 5.41) is 23.8. The predicted octanol–water partition coefficient (Wildman–Crippen LogP) is 2.97. The first kappa shape index (κ1) is 19.6. The molecule has 2 atom stereocenters. The average Bonchev–Trinajstić information content (AvgIpc) is 2.71. The van der Waals surface area contributed by atoms with Gasteiger partial charge in [-0.15, -0.1) is 0 Å². The summed E-state index contributed by atoms with van der Waals surface area (Å²) in [6.07, 6.45) is 1.13. The SMILES string of the molecule is COc1ccc(C(CC(=O)NC[C@@H](C)O)c2ccc3cccnc3c2O)cc1. The summed E-state index contributed by atoms with van der Waals surface area (Å²) in [6.45, 7) is 1.79. The molecule has 3 aromatic rings. The van der Waals surface area contributed by atoms with Gasteiger partial charge in [0, 0.05) is 36.0 Å². The molecule has 3 rings (SSSR count). The van der Waals surface area contributed by atoms with Crippen molar-refractivity contribution in [3.63, 3.8) is 0 Å². The van der Waals surface area contributed by atoms with Crippen molar-refractivity contribution in [2.45, 2.75) is 25.4 Å². The molecule has 0 fully saturated rings. The molecule has 0 aliphatic rings. The van der Waals surface area contributed by atoms with Crippen LogP contribution >= 0.6 is 0 Å². The van der Waals surface area contributed by atoms with E-state index in [2.05, 4.69) is 10.3 Å². The summed E-state index contributed by atoms with van der Waals surface area (Å²) in [4.78, 5) is 16.7. The minimum Gasteiger partial charge on any atom is -0.505 e. The van der Waals surface area contributed by atoms with Crippen LogP contribution in [0.2, 0.25) is 0 Å². The van der Waals surface area contributed by atoms with Crippen molar-refractivity contribution in [3.8, 4) is 11.5 Å². The van der Waals surface area contributed by atoms with E-state index < -0.39 is 6.10 Å². The third-order valence-corrected chi connectivity index (χ3v) is 4.66. The fraction of sp³-hybridized carbons (Fsp3) is 0.273. The zero-order valence-electron chi connectivity index (χ0n) is 15.9. The largest absolute Gasteiger partial charge is 0.505 e. The number of aromatic hydroxyl groups is 1. The van der Waals surface area contributed by atoms with Gasteiger partial charge in [0.25, 0.3) is 0 Å². The monoisotopic (exact) mass is 380 g/mol. The van der Waals surface area contributed by atoms with Crippen LogP contribution in [-0.2, 0) is 4.79 Å². The van der Waals surface area contributed by atoms with Crippen LogP contribution in [0, 0.1) is 0 Å². The Morgan fingerprint density at radius 2 is 1.93 bits per heavy atom. The Morgan fingerprint density at radius 3 is 2.61 bits per heavy atom. The summed E-state index contributed by atoms with van der Waals surface area (Å²) in [5.41, 5.74) is 2.00. The fourth-order valence-electron chi connectivity index (χ4n) is 3.19. The van der Waals surface area contributed by atoms with E-state index in [9.17, 15) is 15.0 Å². The molecule has 0 aliphatic carbocycles. The molecular weight excluding hydrogens is 356 g/mol. The minimum absolute atomic E-state index is 0.0715. The summed E-state index contributed by atoms with van der Waals surface area (Å²) in [5.74, 6) is 0.209. The second kappa shape index (κ2) is 8.71. The Hall–Kier alpha value is -3.12. The Kier molecular flexibility index (Phi) is 6.11. The number of nitrogens with zero attached hydrogens (tertiary/aromatic N) is 1. The van der Waals surface area contributed by atoms with Gasteiger partial charge in [0.1, 0.15) is 17.0 Å². The van der Waals surface area contributed by atoms with Crippen molar-refractivity contribution in [2.24, 2.45) is 0 Å². The fourth-order valence-corrected chi connectivity index (χ4v) is 3.19. The summed E-state index contributed by atoms with van der Waals surface area (Å²) < 4.78 is 5.22. The first-order chi connectivity index (χ1) is 13.5. The Morgan fingerprint density at radius 1 is 1.18 bits per heavy atom. The highest BCUT2D eigenvalue weighted by molar-refractivity contribution is 5.86. The van der Waals surface area contributed by atoms with Gasteiger partial charge < -0.3 is 20.3 Å². The molecule has 2 aromatic carbocycles. The number of fused-ring (bicyclic) bond motifs is 1. The van der Waals surface area contributed by atoms with E-state index in [1.807, 2.05) is 48.5 Å². The topological polar surface area (TPSA) is 91.7 Å². The van der Waals surface area contributed by atoms with Crippen molar-refractivity contribution in [2.75, 3.05) is 13.7 Å². The molecule has 0 saturated heterocycles. The second-order valence-corrected chi connectivity index (χ2v) is 6.76. The molecule has 1 amide bonds. The number of aliphatic hydroxyl groups is 1. The highest BCUT2D eigenvalue weighted by Crippen LogP contribution is 2.38. The number of aromatic nitrogens is 1. The smallest absolute Gasteiger partial charge is 0.221 e. The number of hydrogen-bond donors (Lipinski definition) is 3. The lowest BCUT2D eigenvalue weighted by atomic mass is 9.87. The van der Waals surface area contributed by atoms with Crippen LogP contribution < -0.4 is 10.1 Å². The lowest BCUT2D eigenvalue weighted by molar-refractivity contribution is -0.121.